The molecule has 0 spiro atoms. The SMILES string of the molecule is C#CCCC(CC(=O)[C@@H]1[C@H]2CCC[C@H]2CN1C(=O)[C@@H](NC(=O)N[C@H](CN(C)S(=O)(=O)N(C)C)C(C)(C)C)C1Cc2ccccc2C1)C(=O)C(=O)CCC=C. The highest BCUT2D eigenvalue weighted by molar-refractivity contribution is 7.86. The number of fused-ring (bicyclic) bond motifs is 2. The number of allylic oxidation sites excluding steroid dienone is 1. The van der Waals surface area contributed by atoms with Crippen LogP contribution >= 0.6 is 0 Å². The molecule has 1 aromatic carbocycles. The summed E-state index contributed by atoms with van der Waals surface area (Å²) in [5.41, 5.74) is 1.63. The zero-order valence-electron chi connectivity index (χ0n) is 32.8. The molecule has 1 saturated heterocycles. The zero-order valence-corrected chi connectivity index (χ0v) is 33.6. The molecule has 0 radical (unpaired) electrons. The predicted molar refractivity (Wildman–Crippen MR) is 208 cm³/mol. The molecular weight excluding hydrogens is 707 g/mol. The van der Waals surface area contributed by atoms with Gasteiger partial charge in [-0.25, -0.2) is 4.79 Å². The van der Waals surface area contributed by atoms with E-state index in [1.165, 1.54) is 25.4 Å². The number of hydrogen-bond donors (Lipinski definition) is 2. The monoisotopic (exact) mass is 765 g/mol. The Morgan fingerprint density at radius 2 is 1.70 bits per heavy atom. The van der Waals surface area contributed by atoms with Gasteiger partial charge in [-0.3, -0.25) is 19.2 Å². The molecule has 2 fully saturated rings. The van der Waals surface area contributed by atoms with Crippen LogP contribution in [0.25, 0.3) is 0 Å². The van der Waals surface area contributed by atoms with Gasteiger partial charge in [-0.2, -0.15) is 17.0 Å². The van der Waals surface area contributed by atoms with E-state index in [1.54, 1.807) is 11.0 Å². The summed E-state index contributed by atoms with van der Waals surface area (Å²) in [6.07, 6.45) is 11.3. The number of amides is 3. The lowest BCUT2D eigenvalue weighted by Gasteiger charge is -2.36. The third-order valence-corrected chi connectivity index (χ3v) is 13.4. The number of rotatable bonds is 18. The maximum atomic E-state index is 14.9. The predicted octanol–water partition coefficient (Wildman–Crippen LogP) is 3.94. The fraction of sp³-hybridized carbons (Fsp3) is 0.634. The van der Waals surface area contributed by atoms with Crippen LogP contribution in [-0.4, -0.2) is 104 Å². The van der Waals surface area contributed by atoms with Gasteiger partial charge < -0.3 is 15.5 Å². The van der Waals surface area contributed by atoms with Gasteiger partial charge in [0.05, 0.1) is 6.04 Å². The van der Waals surface area contributed by atoms with Crippen molar-refractivity contribution >= 4 is 39.5 Å². The first kappa shape index (κ1) is 42.9. The molecule has 3 aliphatic rings. The molecule has 54 heavy (non-hydrogen) atoms. The molecule has 1 heterocycles. The van der Waals surface area contributed by atoms with E-state index in [-0.39, 0.29) is 61.7 Å². The van der Waals surface area contributed by atoms with Crippen LogP contribution in [0, 0.1) is 41.4 Å². The molecule has 1 saturated carbocycles. The van der Waals surface area contributed by atoms with Crippen molar-refractivity contribution in [2.24, 2.45) is 29.1 Å². The van der Waals surface area contributed by atoms with E-state index in [2.05, 4.69) is 23.1 Å². The van der Waals surface area contributed by atoms with Crippen LogP contribution in [0.5, 0.6) is 0 Å². The van der Waals surface area contributed by atoms with E-state index >= 15 is 0 Å². The van der Waals surface area contributed by atoms with Crippen LogP contribution in [0.1, 0.15) is 83.3 Å². The minimum absolute atomic E-state index is 0.00731. The Hall–Kier alpha value is -3.86. The number of terminal acetylenes is 1. The summed E-state index contributed by atoms with van der Waals surface area (Å²) in [5.74, 6) is -0.429. The van der Waals surface area contributed by atoms with Gasteiger partial charge >= 0.3 is 6.03 Å². The first-order valence-corrected chi connectivity index (χ1v) is 20.5. The normalized spacial score (nSPS) is 21.5. The summed E-state index contributed by atoms with van der Waals surface area (Å²) in [6, 6.07) is 4.91. The van der Waals surface area contributed by atoms with Crippen LogP contribution in [0.3, 0.4) is 0 Å². The van der Waals surface area contributed by atoms with E-state index in [9.17, 15) is 32.4 Å². The fourth-order valence-electron chi connectivity index (χ4n) is 8.37. The van der Waals surface area contributed by atoms with Crippen LogP contribution in [0.15, 0.2) is 36.9 Å². The first-order chi connectivity index (χ1) is 25.4. The first-order valence-electron chi connectivity index (χ1n) is 19.1. The van der Waals surface area contributed by atoms with Gasteiger partial charge in [-0.15, -0.1) is 18.9 Å². The van der Waals surface area contributed by atoms with E-state index in [0.29, 0.717) is 25.8 Å². The van der Waals surface area contributed by atoms with Gasteiger partial charge in [0.2, 0.25) is 11.7 Å². The van der Waals surface area contributed by atoms with Crippen LogP contribution in [0.4, 0.5) is 4.79 Å². The number of nitrogens with one attached hydrogen (secondary N) is 2. The molecule has 2 aliphatic carbocycles. The molecule has 3 amide bonds. The number of nitrogens with zero attached hydrogens (tertiary/aromatic N) is 3. The smallest absolute Gasteiger partial charge is 0.315 e. The minimum atomic E-state index is -3.76. The third-order valence-electron chi connectivity index (χ3n) is 11.6. The number of likely N-dealkylation sites (tertiary alicyclic amines) is 1. The molecular formula is C41H59N5O7S. The lowest BCUT2D eigenvalue weighted by molar-refractivity contribution is -0.143. The Labute approximate surface area is 322 Å². The van der Waals surface area contributed by atoms with Crippen molar-refractivity contribution in [1.29, 1.82) is 0 Å². The van der Waals surface area contributed by atoms with Crippen LogP contribution in [-0.2, 0) is 42.2 Å². The summed E-state index contributed by atoms with van der Waals surface area (Å²) in [5, 5.41) is 5.97. The minimum Gasteiger partial charge on any atom is -0.334 e. The van der Waals surface area contributed by atoms with Crippen molar-refractivity contribution < 1.29 is 32.4 Å². The maximum absolute atomic E-state index is 14.9. The fourth-order valence-corrected chi connectivity index (χ4v) is 9.27. The van der Waals surface area contributed by atoms with Gasteiger partial charge in [0.1, 0.15) is 6.04 Å². The zero-order chi connectivity index (χ0) is 40.0. The molecule has 0 aromatic heterocycles. The van der Waals surface area contributed by atoms with Gasteiger partial charge in [0.25, 0.3) is 10.2 Å². The number of carbonyl (C=O) groups is 5. The van der Waals surface area contributed by atoms with E-state index in [1.807, 2.05) is 45.0 Å². The Morgan fingerprint density at radius 3 is 2.28 bits per heavy atom. The standard InChI is InChI=1S/C41H59N5O7S/c1-9-11-16-29(38(49)33(47)21-12-10-2)24-34(48)37-32-20-15-19-30(32)25-46(37)39(50)36(31-22-27-17-13-14-18-28(27)23-31)43-40(51)42-35(41(3,4)5)26-45(8)54(52,53)44(6)7/h1,10,13-14,17-18,29-32,35-37H,2,11-12,15-16,19-26H2,3-8H3,(H2,42,43,51)/t29?,30-,32-,35+,36-,37-/m0/s1. The summed E-state index contributed by atoms with van der Waals surface area (Å²) >= 11 is 0. The Balaban J connectivity index is 1.63. The molecule has 13 heteroatoms. The number of carbonyl (C=O) groups excluding carboxylic acids is 5. The lowest BCUT2D eigenvalue weighted by Crippen LogP contribution is -2.60. The number of urea groups is 1. The summed E-state index contributed by atoms with van der Waals surface area (Å²) in [4.78, 5) is 71.0. The Morgan fingerprint density at radius 1 is 1.06 bits per heavy atom. The van der Waals surface area contributed by atoms with E-state index in [4.69, 9.17) is 6.42 Å². The molecule has 1 aromatic rings. The third kappa shape index (κ3) is 10.1. The Bertz CT molecular complexity index is 1700. The lowest BCUT2D eigenvalue weighted by atomic mass is 9.84. The quantitative estimate of drug-likeness (QED) is 0.131. The molecule has 296 valence electrons. The van der Waals surface area contributed by atoms with Crippen molar-refractivity contribution in [1.82, 2.24) is 24.1 Å². The highest BCUT2D eigenvalue weighted by atomic mass is 32.2. The molecule has 4 rings (SSSR count). The second kappa shape index (κ2) is 18.2. The molecule has 1 unspecified atom stereocenters. The number of likely N-dealkylation sites (N-methyl/N-ethyl adjacent to an activating group) is 1. The molecule has 6 atom stereocenters. The molecule has 2 N–H and O–H groups in total. The highest BCUT2D eigenvalue weighted by Crippen LogP contribution is 2.44. The number of hydrogen-bond acceptors (Lipinski definition) is 7. The summed E-state index contributed by atoms with van der Waals surface area (Å²) < 4.78 is 28.0. The summed E-state index contributed by atoms with van der Waals surface area (Å²) in [6.45, 7) is 9.68. The van der Waals surface area contributed by atoms with Gasteiger partial charge in [-0.05, 0) is 72.8 Å². The van der Waals surface area contributed by atoms with Crippen molar-refractivity contribution in [2.75, 3.05) is 34.2 Å². The Kier molecular flexibility index (Phi) is 14.4. The largest absolute Gasteiger partial charge is 0.334 e. The average molecular weight is 766 g/mol. The van der Waals surface area contributed by atoms with Crippen molar-refractivity contribution in [2.45, 2.75) is 103 Å². The van der Waals surface area contributed by atoms with Gasteiger partial charge in [0, 0.05) is 65.5 Å². The number of benzene rings is 1. The second-order valence-electron chi connectivity index (χ2n) is 16.5. The van der Waals surface area contributed by atoms with Crippen molar-refractivity contribution in [3.05, 3.63) is 48.0 Å². The molecule has 0 bridgehead atoms. The van der Waals surface area contributed by atoms with Gasteiger partial charge in [0.15, 0.2) is 11.6 Å². The van der Waals surface area contributed by atoms with Crippen molar-refractivity contribution in [3.63, 3.8) is 0 Å². The molecule has 1 aliphatic heterocycles. The van der Waals surface area contributed by atoms with E-state index < -0.39 is 57.3 Å². The van der Waals surface area contributed by atoms with Crippen molar-refractivity contribution in [3.8, 4) is 12.3 Å². The van der Waals surface area contributed by atoms with E-state index in [0.717, 1.165) is 34.7 Å². The number of ketones is 3. The number of Topliss-reactive ketones (excluding diaryl/α,β-unsaturated/α-hetero) is 3. The van der Waals surface area contributed by atoms with Crippen LogP contribution < -0.4 is 10.6 Å². The van der Waals surface area contributed by atoms with Crippen LogP contribution in [0.2, 0.25) is 0 Å². The second-order valence-corrected chi connectivity index (χ2v) is 18.8. The maximum Gasteiger partial charge on any atom is 0.315 e. The average Bonchev–Trinajstić information content (AvgIpc) is 3.84. The molecule has 12 nitrogen and oxygen atoms in total. The van der Waals surface area contributed by atoms with Gasteiger partial charge in [-0.1, -0.05) is 57.5 Å². The summed E-state index contributed by atoms with van der Waals surface area (Å²) in [7, 11) is 0.581. The topological polar surface area (TPSA) is 153 Å². The highest BCUT2D eigenvalue weighted by Gasteiger charge is 2.52.